The number of rotatable bonds is 3. The average molecular weight is 454 g/mol. The monoisotopic (exact) mass is 454 g/mol. The number of fused-ring (bicyclic) bond motifs is 1. The van der Waals surface area contributed by atoms with Crippen molar-refractivity contribution in [2.24, 2.45) is 0 Å². The number of carbonyl (C=O) groups excluding carboxylic acids is 1. The number of benzene rings is 1. The number of pyridine rings is 1. The number of alkyl halides is 3. The molecule has 0 radical (unpaired) electrons. The van der Waals surface area contributed by atoms with Gasteiger partial charge in [0.05, 0.1) is 22.3 Å². The van der Waals surface area contributed by atoms with E-state index in [9.17, 15) is 26.4 Å². The first-order valence-electron chi connectivity index (χ1n) is 9.76. The molecule has 31 heavy (non-hydrogen) atoms. The third-order valence-electron chi connectivity index (χ3n) is 5.62. The predicted molar refractivity (Wildman–Crippen MR) is 108 cm³/mol. The number of hydrogen-bond donors (Lipinski definition) is 0. The van der Waals surface area contributed by atoms with E-state index in [4.69, 9.17) is 0 Å². The van der Waals surface area contributed by atoms with Crippen LogP contribution in [-0.2, 0) is 27.4 Å². The molecule has 1 saturated heterocycles. The molecule has 0 saturated carbocycles. The van der Waals surface area contributed by atoms with Crippen molar-refractivity contribution < 1.29 is 26.4 Å². The first-order chi connectivity index (χ1) is 14.6. The smallest absolute Gasteiger partial charge is 0.368 e. The van der Waals surface area contributed by atoms with Gasteiger partial charge in [0.1, 0.15) is 0 Å². The van der Waals surface area contributed by atoms with Gasteiger partial charge in [-0.1, -0.05) is 0 Å². The van der Waals surface area contributed by atoms with Gasteiger partial charge in [0.25, 0.3) is 0 Å². The molecule has 1 aromatic heterocycles. The SMILES string of the molecule is CC(=O)N1CCc2cc(S(=O)(=O)N3CCN(c4cncc(C(F)(F)F)c4)CC3)ccc21. The maximum atomic E-state index is 13.1. The van der Waals surface area contributed by atoms with Crippen LogP contribution in [-0.4, -0.2) is 56.3 Å². The van der Waals surface area contributed by atoms with Crippen LogP contribution in [0.4, 0.5) is 24.5 Å². The van der Waals surface area contributed by atoms with E-state index in [0.29, 0.717) is 18.7 Å². The van der Waals surface area contributed by atoms with Gasteiger partial charge in [0.15, 0.2) is 0 Å². The predicted octanol–water partition coefficient (Wildman–Crippen LogP) is 2.52. The van der Waals surface area contributed by atoms with Gasteiger partial charge in [0.2, 0.25) is 15.9 Å². The highest BCUT2D eigenvalue weighted by atomic mass is 32.2. The molecule has 1 aromatic carbocycles. The molecule has 0 atom stereocenters. The number of piperazine rings is 1. The third-order valence-corrected chi connectivity index (χ3v) is 7.51. The Bertz CT molecular complexity index is 1110. The Morgan fingerprint density at radius 2 is 1.74 bits per heavy atom. The Balaban J connectivity index is 1.48. The minimum absolute atomic E-state index is 0.0884. The van der Waals surface area contributed by atoms with Gasteiger partial charge in [-0.25, -0.2) is 8.42 Å². The van der Waals surface area contributed by atoms with E-state index in [-0.39, 0.29) is 37.0 Å². The second-order valence-electron chi connectivity index (χ2n) is 7.53. The van der Waals surface area contributed by atoms with E-state index in [2.05, 4.69) is 4.98 Å². The summed E-state index contributed by atoms with van der Waals surface area (Å²) in [6, 6.07) is 5.79. The van der Waals surface area contributed by atoms with Crippen LogP contribution in [0.15, 0.2) is 41.6 Å². The van der Waals surface area contributed by atoms with Gasteiger partial charge in [-0.05, 0) is 36.2 Å². The lowest BCUT2D eigenvalue weighted by atomic mass is 10.2. The summed E-state index contributed by atoms with van der Waals surface area (Å²) in [6.07, 6.45) is -1.78. The lowest BCUT2D eigenvalue weighted by Gasteiger charge is -2.35. The molecule has 3 heterocycles. The van der Waals surface area contributed by atoms with Crippen molar-refractivity contribution in [3.8, 4) is 0 Å². The third kappa shape index (κ3) is 4.11. The van der Waals surface area contributed by atoms with E-state index in [0.717, 1.165) is 23.5 Å². The summed E-state index contributed by atoms with van der Waals surface area (Å²) in [5, 5.41) is 0. The lowest BCUT2D eigenvalue weighted by molar-refractivity contribution is -0.137. The molecule has 2 aliphatic rings. The maximum absolute atomic E-state index is 13.1. The summed E-state index contributed by atoms with van der Waals surface area (Å²) < 4.78 is 66.3. The van der Waals surface area contributed by atoms with Gasteiger partial charge < -0.3 is 9.80 Å². The molecule has 2 aromatic rings. The Kier molecular flexibility index (Phi) is 5.42. The lowest BCUT2D eigenvalue weighted by Crippen LogP contribution is -2.48. The standard InChI is InChI=1S/C20H21F3N4O3S/c1-14(28)27-5-4-15-10-18(2-3-19(15)27)31(29,30)26-8-6-25(7-9-26)17-11-16(12-24-13-17)20(21,22)23/h2-3,10-13H,4-9H2,1H3. The molecule has 4 rings (SSSR count). The van der Waals surface area contributed by atoms with Crippen LogP contribution in [0, 0.1) is 0 Å². The maximum Gasteiger partial charge on any atom is 0.417 e. The number of aromatic nitrogens is 1. The summed E-state index contributed by atoms with van der Waals surface area (Å²) in [4.78, 5) is 18.8. The van der Waals surface area contributed by atoms with E-state index in [1.54, 1.807) is 21.9 Å². The molecular formula is C20H21F3N4O3S. The Hall–Kier alpha value is -2.66. The Labute approximate surface area is 178 Å². The van der Waals surface area contributed by atoms with Crippen molar-refractivity contribution in [1.29, 1.82) is 0 Å². The fourth-order valence-corrected chi connectivity index (χ4v) is 5.43. The van der Waals surface area contributed by atoms with Crippen LogP contribution in [0.3, 0.4) is 0 Å². The largest absolute Gasteiger partial charge is 0.417 e. The van der Waals surface area contributed by atoms with Crippen LogP contribution in [0.1, 0.15) is 18.1 Å². The average Bonchev–Trinajstić information content (AvgIpc) is 3.17. The first-order valence-corrected chi connectivity index (χ1v) is 11.2. The molecule has 7 nitrogen and oxygen atoms in total. The van der Waals surface area contributed by atoms with Crippen LogP contribution in [0.5, 0.6) is 0 Å². The van der Waals surface area contributed by atoms with Gasteiger partial charge >= 0.3 is 6.18 Å². The van der Waals surface area contributed by atoms with Gasteiger partial charge in [0, 0.05) is 51.5 Å². The number of hydrogen-bond acceptors (Lipinski definition) is 5. The molecule has 0 unspecified atom stereocenters. The Morgan fingerprint density at radius 3 is 2.39 bits per heavy atom. The summed E-state index contributed by atoms with van der Waals surface area (Å²) in [7, 11) is -3.75. The normalized spacial score (nSPS) is 17.7. The highest BCUT2D eigenvalue weighted by Gasteiger charge is 2.33. The quantitative estimate of drug-likeness (QED) is 0.713. The molecule has 1 amide bonds. The molecule has 0 N–H and O–H groups in total. The van der Waals surface area contributed by atoms with Gasteiger partial charge in [-0.2, -0.15) is 17.5 Å². The van der Waals surface area contributed by atoms with Crippen molar-refractivity contribution in [3.63, 3.8) is 0 Å². The van der Waals surface area contributed by atoms with Gasteiger partial charge in [-0.15, -0.1) is 0 Å². The number of anilines is 2. The molecule has 2 aliphatic heterocycles. The first kappa shape index (κ1) is 21.6. The Morgan fingerprint density at radius 1 is 1.03 bits per heavy atom. The van der Waals surface area contributed by atoms with Crippen LogP contribution >= 0.6 is 0 Å². The summed E-state index contributed by atoms with van der Waals surface area (Å²) in [5.74, 6) is -0.0884. The molecule has 0 bridgehead atoms. The van der Waals surface area contributed by atoms with Crippen LogP contribution in [0.25, 0.3) is 0 Å². The van der Waals surface area contributed by atoms with E-state index >= 15 is 0 Å². The fraction of sp³-hybridized carbons (Fsp3) is 0.400. The second kappa shape index (κ2) is 7.79. The van der Waals surface area contributed by atoms with Crippen molar-refractivity contribution in [2.75, 3.05) is 42.5 Å². The highest BCUT2D eigenvalue weighted by molar-refractivity contribution is 7.89. The summed E-state index contributed by atoms with van der Waals surface area (Å²) in [5.41, 5.74) is 1.02. The number of carbonyl (C=O) groups is 1. The zero-order valence-electron chi connectivity index (χ0n) is 16.8. The number of amides is 1. The van der Waals surface area contributed by atoms with E-state index in [1.807, 2.05) is 0 Å². The van der Waals surface area contributed by atoms with E-state index in [1.165, 1.54) is 23.5 Å². The van der Waals surface area contributed by atoms with Crippen molar-refractivity contribution in [2.45, 2.75) is 24.4 Å². The number of sulfonamides is 1. The van der Waals surface area contributed by atoms with Gasteiger partial charge in [-0.3, -0.25) is 9.78 Å². The minimum Gasteiger partial charge on any atom is -0.368 e. The van der Waals surface area contributed by atoms with Crippen molar-refractivity contribution >= 4 is 27.3 Å². The molecule has 1 fully saturated rings. The zero-order valence-corrected chi connectivity index (χ0v) is 17.6. The van der Waals surface area contributed by atoms with Crippen molar-refractivity contribution in [3.05, 3.63) is 47.8 Å². The topological polar surface area (TPSA) is 73.8 Å². The zero-order chi connectivity index (χ0) is 22.4. The molecule has 11 heteroatoms. The molecular weight excluding hydrogens is 433 g/mol. The second-order valence-corrected chi connectivity index (χ2v) is 9.47. The van der Waals surface area contributed by atoms with E-state index < -0.39 is 21.8 Å². The number of halogens is 3. The van der Waals surface area contributed by atoms with Crippen molar-refractivity contribution in [1.82, 2.24) is 9.29 Å². The molecule has 0 aliphatic carbocycles. The van der Waals surface area contributed by atoms with Crippen LogP contribution in [0.2, 0.25) is 0 Å². The number of nitrogens with zero attached hydrogens (tertiary/aromatic N) is 4. The molecule has 0 spiro atoms. The minimum atomic E-state index is -4.49. The van der Waals surface area contributed by atoms with Crippen LogP contribution < -0.4 is 9.80 Å². The highest BCUT2D eigenvalue weighted by Crippen LogP contribution is 2.33. The fourth-order valence-electron chi connectivity index (χ4n) is 3.96. The molecule has 166 valence electrons. The summed E-state index contributed by atoms with van der Waals surface area (Å²) in [6.45, 7) is 2.80. The summed E-state index contributed by atoms with van der Waals surface area (Å²) >= 11 is 0.